The first-order valence-electron chi connectivity index (χ1n) is 8.30. The molecule has 0 unspecified atom stereocenters. The van der Waals surface area contributed by atoms with Crippen molar-refractivity contribution in [2.45, 2.75) is 6.54 Å². The Kier molecular flexibility index (Phi) is 6.27. The molecule has 0 saturated carbocycles. The van der Waals surface area contributed by atoms with Gasteiger partial charge in [-0.05, 0) is 54.6 Å². The van der Waals surface area contributed by atoms with Crippen LogP contribution in [-0.4, -0.2) is 18.4 Å². The third-order valence-electron chi connectivity index (χ3n) is 3.71. The van der Waals surface area contributed by atoms with E-state index in [4.69, 9.17) is 4.42 Å². The minimum absolute atomic E-state index is 0.141. The molecule has 1 aromatic heterocycles. The number of nitrogens with one attached hydrogen (secondary N) is 3. The van der Waals surface area contributed by atoms with Crippen LogP contribution in [0.15, 0.2) is 75.8 Å². The number of carbonyl (C=O) groups excluding carboxylic acids is 2. The van der Waals surface area contributed by atoms with Gasteiger partial charge in [0.1, 0.15) is 5.76 Å². The Hall–Kier alpha value is -3.06. The van der Waals surface area contributed by atoms with Crippen molar-refractivity contribution in [3.63, 3.8) is 0 Å². The Morgan fingerprint density at radius 3 is 2.48 bits per heavy atom. The lowest BCUT2D eigenvalue weighted by Gasteiger charge is -2.09. The number of amides is 2. The van der Waals surface area contributed by atoms with Crippen LogP contribution < -0.4 is 16.0 Å². The summed E-state index contributed by atoms with van der Waals surface area (Å²) in [5.41, 5.74) is 1.98. The minimum atomic E-state index is -0.208. The lowest BCUT2D eigenvalue weighted by atomic mass is 10.2. The van der Waals surface area contributed by atoms with Crippen LogP contribution in [0, 0.1) is 0 Å². The van der Waals surface area contributed by atoms with E-state index in [1.54, 1.807) is 42.7 Å². The van der Waals surface area contributed by atoms with Gasteiger partial charge in [-0.1, -0.05) is 22.0 Å². The Bertz CT molecular complexity index is 908. The number of carbonyl (C=O) groups is 2. The molecule has 0 atom stereocenters. The molecule has 3 N–H and O–H groups in total. The van der Waals surface area contributed by atoms with Gasteiger partial charge in [0.25, 0.3) is 5.91 Å². The van der Waals surface area contributed by atoms with E-state index in [-0.39, 0.29) is 18.4 Å². The zero-order valence-electron chi connectivity index (χ0n) is 14.4. The summed E-state index contributed by atoms with van der Waals surface area (Å²) in [7, 11) is 0. The summed E-state index contributed by atoms with van der Waals surface area (Å²) in [6.45, 7) is 0.466. The quantitative estimate of drug-likeness (QED) is 0.531. The fraction of sp³-hybridized carbons (Fsp3) is 0.100. The summed E-state index contributed by atoms with van der Waals surface area (Å²) < 4.78 is 6.11. The summed E-state index contributed by atoms with van der Waals surface area (Å²) in [5.74, 6) is 0.302. The highest BCUT2D eigenvalue weighted by Gasteiger charge is 2.07. The maximum atomic E-state index is 12.1. The lowest BCUT2D eigenvalue weighted by Crippen LogP contribution is -2.23. The zero-order chi connectivity index (χ0) is 19.1. The fourth-order valence-electron chi connectivity index (χ4n) is 2.37. The van der Waals surface area contributed by atoms with Crippen molar-refractivity contribution >= 4 is 39.1 Å². The minimum Gasteiger partial charge on any atom is -0.467 e. The molecule has 1 heterocycles. The molecule has 0 aliphatic heterocycles. The van der Waals surface area contributed by atoms with Gasteiger partial charge in [0, 0.05) is 21.4 Å². The van der Waals surface area contributed by atoms with Gasteiger partial charge < -0.3 is 20.4 Å². The molecular formula is C20H18BrN3O3. The number of hydrogen-bond donors (Lipinski definition) is 3. The van der Waals surface area contributed by atoms with E-state index in [0.717, 1.165) is 10.2 Å². The van der Waals surface area contributed by atoms with Gasteiger partial charge in [0.15, 0.2) is 0 Å². The highest BCUT2D eigenvalue weighted by molar-refractivity contribution is 9.10. The van der Waals surface area contributed by atoms with Gasteiger partial charge in [-0.2, -0.15) is 0 Å². The molecule has 0 spiro atoms. The maximum Gasteiger partial charge on any atom is 0.251 e. The van der Waals surface area contributed by atoms with Gasteiger partial charge in [-0.15, -0.1) is 0 Å². The zero-order valence-corrected chi connectivity index (χ0v) is 16.0. The third-order valence-corrected chi connectivity index (χ3v) is 4.21. The first kappa shape index (κ1) is 18.7. The maximum absolute atomic E-state index is 12.1. The topological polar surface area (TPSA) is 83.4 Å². The molecule has 3 aromatic rings. The van der Waals surface area contributed by atoms with Gasteiger partial charge >= 0.3 is 0 Å². The average Bonchev–Trinajstić information content (AvgIpc) is 3.19. The molecule has 2 amide bonds. The van der Waals surface area contributed by atoms with Crippen molar-refractivity contribution in [2.24, 2.45) is 0 Å². The Labute approximate surface area is 165 Å². The predicted molar refractivity (Wildman–Crippen MR) is 108 cm³/mol. The van der Waals surface area contributed by atoms with E-state index in [2.05, 4.69) is 31.9 Å². The van der Waals surface area contributed by atoms with E-state index in [9.17, 15) is 9.59 Å². The number of hydrogen-bond acceptors (Lipinski definition) is 4. The van der Waals surface area contributed by atoms with E-state index in [1.165, 1.54) is 0 Å². The smallest absolute Gasteiger partial charge is 0.251 e. The van der Waals surface area contributed by atoms with Crippen LogP contribution in [0.2, 0.25) is 0 Å². The van der Waals surface area contributed by atoms with Crippen LogP contribution in [-0.2, 0) is 11.3 Å². The van der Waals surface area contributed by atoms with Gasteiger partial charge in [-0.3, -0.25) is 9.59 Å². The van der Waals surface area contributed by atoms with Crippen LogP contribution in [0.1, 0.15) is 16.1 Å². The number of rotatable bonds is 7. The number of anilines is 2. The standard InChI is InChI=1S/C20H18BrN3O3/c21-15-3-1-4-17(11-15)22-13-19(25)24-16-8-6-14(7-9-16)20(26)23-12-18-5-2-10-27-18/h1-11,22H,12-13H2,(H,23,26)(H,24,25). The molecule has 0 aliphatic rings. The summed E-state index contributed by atoms with van der Waals surface area (Å²) in [5, 5.41) is 8.61. The summed E-state index contributed by atoms with van der Waals surface area (Å²) in [4.78, 5) is 24.2. The van der Waals surface area contributed by atoms with Crippen LogP contribution in [0.4, 0.5) is 11.4 Å². The van der Waals surface area contributed by atoms with E-state index in [0.29, 0.717) is 23.6 Å². The van der Waals surface area contributed by atoms with Gasteiger partial charge in [0.05, 0.1) is 19.4 Å². The highest BCUT2D eigenvalue weighted by Crippen LogP contribution is 2.15. The molecule has 7 heteroatoms. The van der Waals surface area contributed by atoms with Crippen molar-refractivity contribution in [3.8, 4) is 0 Å². The molecule has 0 fully saturated rings. The second-order valence-corrected chi connectivity index (χ2v) is 6.67. The Balaban J connectivity index is 1.47. The largest absolute Gasteiger partial charge is 0.467 e. The second-order valence-electron chi connectivity index (χ2n) is 5.75. The first-order valence-corrected chi connectivity index (χ1v) is 9.09. The monoisotopic (exact) mass is 427 g/mol. The normalized spacial score (nSPS) is 10.3. The Morgan fingerprint density at radius 2 is 1.78 bits per heavy atom. The van der Waals surface area contributed by atoms with Crippen LogP contribution in [0.3, 0.4) is 0 Å². The molecule has 6 nitrogen and oxygen atoms in total. The van der Waals surface area contributed by atoms with E-state index < -0.39 is 0 Å². The number of furan rings is 1. The van der Waals surface area contributed by atoms with Crippen molar-refractivity contribution in [1.82, 2.24) is 5.32 Å². The third kappa shape index (κ3) is 5.72. The molecule has 0 aliphatic carbocycles. The molecule has 27 heavy (non-hydrogen) atoms. The van der Waals surface area contributed by atoms with Crippen molar-refractivity contribution in [3.05, 3.63) is 82.7 Å². The van der Waals surface area contributed by atoms with Gasteiger partial charge in [-0.25, -0.2) is 0 Å². The molecule has 0 bridgehead atoms. The first-order chi connectivity index (χ1) is 13.1. The SMILES string of the molecule is O=C(CNc1cccc(Br)c1)Nc1ccc(C(=O)NCc2ccco2)cc1. The van der Waals surface area contributed by atoms with Gasteiger partial charge in [0.2, 0.25) is 5.91 Å². The van der Waals surface area contributed by atoms with Crippen molar-refractivity contribution < 1.29 is 14.0 Å². The summed E-state index contributed by atoms with van der Waals surface area (Å²) in [6.07, 6.45) is 1.56. The van der Waals surface area contributed by atoms with Crippen molar-refractivity contribution in [1.29, 1.82) is 0 Å². The van der Waals surface area contributed by atoms with Crippen LogP contribution in [0.5, 0.6) is 0 Å². The number of halogens is 1. The lowest BCUT2D eigenvalue weighted by molar-refractivity contribution is -0.114. The fourth-order valence-corrected chi connectivity index (χ4v) is 2.77. The molecule has 0 saturated heterocycles. The summed E-state index contributed by atoms with van der Waals surface area (Å²) >= 11 is 3.39. The van der Waals surface area contributed by atoms with Crippen molar-refractivity contribution in [2.75, 3.05) is 17.2 Å². The molecule has 138 valence electrons. The predicted octanol–water partition coefficient (Wildman–Crippen LogP) is 4.02. The van der Waals surface area contributed by atoms with Crippen LogP contribution in [0.25, 0.3) is 0 Å². The molecular weight excluding hydrogens is 410 g/mol. The highest BCUT2D eigenvalue weighted by atomic mass is 79.9. The van der Waals surface area contributed by atoms with E-state index >= 15 is 0 Å². The molecule has 0 radical (unpaired) electrons. The second kappa shape index (κ2) is 9.05. The van der Waals surface area contributed by atoms with E-state index in [1.807, 2.05) is 24.3 Å². The van der Waals surface area contributed by atoms with Crippen LogP contribution >= 0.6 is 15.9 Å². The Morgan fingerprint density at radius 1 is 0.963 bits per heavy atom. The number of benzene rings is 2. The average molecular weight is 428 g/mol. The molecule has 3 rings (SSSR count). The summed E-state index contributed by atoms with van der Waals surface area (Å²) in [6, 6.07) is 17.8. The molecule has 2 aromatic carbocycles.